The van der Waals surface area contributed by atoms with Gasteiger partial charge in [0.2, 0.25) is 6.23 Å². The van der Waals surface area contributed by atoms with Crippen LogP contribution in [-0.2, 0) is 0 Å². The van der Waals surface area contributed by atoms with Gasteiger partial charge in [-0.05, 0) is 52.7 Å². The van der Waals surface area contributed by atoms with Crippen LogP contribution in [0.25, 0.3) is 10.8 Å². The SMILES string of the molecule is Oc1c(Cl)cc(Cl)cc1[C@@H]1Oc2ccc(Cl)cc2[C@H]2CC(c3ccc4ccccc4c3)=NN21. The first-order chi connectivity index (χ1) is 16.0. The van der Waals surface area contributed by atoms with E-state index in [1.807, 2.05) is 29.3 Å². The molecular weight excluding hydrogens is 479 g/mol. The molecule has 2 heterocycles. The fourth-order valence-electron chi connectivity index (χ4n) is 4.58. The smallest absolute Gasteiger partial charge is 0.217 e. The lowest BCUT2D eigenvalue weighted by Gasteiger charge is -2.38. The third kappa shape index (κ3) is 3.50. The molecule has 0 amide bonds. The Labute approximate surface area is 205 Å². The van der Waals surface area contributed by atoms with Gasteiger partial charge in [0.05, 0.1) is 22.3 Å². The van der Waals surface area contributed by atoms with Crippen LogP contribution in [0.2, 0.25) is 15.1 Å². The highest BCUT2D eigenvalue weighted by molar-refractivity contribution is 6.35. The first kappa shape index (κ1) is 20.7. The Bertz CT molecular complexity index is 1450. The molecule has 4 aromatic carbocycles. The van der Waals surface area contributed by atoms with Gasteiger partial charge in [0, 0.05) is 22.0 Å². The summed E-state index contributed by atoms with van der Waals surface area (Å²) in [5.41, 5.74) is 3.38. The summed E-state index contributed by atoms with van der Waals surface area (Å²) in [6.45, 7) is 0. The second kappa shape index (κ2) is 7.84. The second-order valence-corrected chi connectivity index (χ2v) is 9.47. The van der Waals surface area contributed by atoms with E-state index in [0.29, 0.717) is 27.8 Å². The quantitative estimate of drug-likeness (QED) is 0.309. The summed E-state index contributed by atoms with van der Waals surface area (Å²) in [5, 5.41) is 21.1. The molecule has 0 fully saturated rings. The Hall–Kier alpha value is -2.92. The number of hydrogen-bond acceptors (Lipinski definition) is 4. The normalized spacial score (nSPS) is 19.1. The van der Waals surface area contributed by atoms with E-state index in [2.05, 4.69) is 30.3 Å². The van der Waals surface area contributed by atoms with Crippen LogP contribution < -0.4 is 4.74 Å². The van der Waals surface area contributed by atoms with Gasteiger partial charge < -0.3 is 9.84 Å². The van der Waals surface area contributed by atoms with Crippen LogP contribution in [0, 0.1) is 0 Å². The van der Waals surface area contributed by atoms with Crippen molar-refractivity contribution in [3.8, 4) is 11.5 Å². The van der Waals surface area contributed by atoms with Crippen LogP contribution in [-0.4, -0.2) is 15.8 Å². The van der Waals surface area contributed by atoms with E-state index in [0.717, 1.165) is 22.2 Å². The van der Waals surface area contributed by atoms with Crippen molar-refractivity contribution in [3.63, 3.8) is 0 Å². The summed E-state index contributed by atoms with van der Waals surface area (Å²) in [4.78, 5) is 0. The minimum Gasteiger partial charge on any atom is -0.506 e. The van der Waals surface area contributed by atoms with Crippen LogP contribution in [0.4, 0.5) is 0 Å². The minimum atomic E-state index is -0.696. The highest BCUT2D eigenvalue weighted by Gasteiger charge is 2.42. The number of hydrogen-bond donors (Lipinski definition) is 1. The monoisotopic (exact) mass is 494 g/mol. The van der Waals surface area contributed by atoms with Crippen LogP contribution >= 0.6 is 34.8 Å². The number of halogens is 3. The van der Waals surface area contributed by atoms with Gasteiger partial charge >= 0.3 is 0 Å². The highest BCUT2D eigenvalue weighted by Crippen LogP contribution is 2.50. The molecule has 4 nitrogen and oxygen atoms in total. The Kier molecular flexibility index (Phi) is 4.91. The Balaban J connectivity index is 1.49. The lowest BCUT2D eigenvalue weighted by Crippen LogP contribution is -2.33. The number of rotatable bonds is 2. The summed E-state index contributed by atoms with van der Waals surface area (Å²) < 4.78 is 6.32. The van der Waals surface area contributed by atoms with E-state index < -0.39 is 6.23 Å². The number of aromatic hydroxyl groups is 1. The Morgan fingerprint density at radius 2 is 1.64 bits per heavy atom. The fraction of sp³-hybridized carbons (Fsp3) is 0.115. The fourth-order valence-corrected chi connectivity index (χ4v) is 5.27. The molecule has 0 saturated carbocycles. The number of nitrogens with zero attached hydrogens (tertiary/aromatic N) is 2. The number of fused-ring (bicyclic) bond motifs is 4. The Morgan fingerprint density at radius 1 is 0.848 bits per heavy atom. The lowest BCUT2D eigenvalue weighted by molar-refractivity contribution is -0.0203. The number of benzene rings is 4. The van der Waals surface area contributed by atoms with Gasteiger partial charge in [0.25, 0.3) is 0 Å². The Morgan fingerprint density at radius 3 is 2.48 bits per heavy atom. The molecule has 0 radical (unpaired) electrons. The van der Waals surface area contributed by atoms with E-state index in [1.54, 1.807) is 12.1 Å². The molecule has 7 heteroatoms. The maximum absolute atomic E-state index is 10.7. The molecule has 2 aliphatic rings. The molecule has 1 N–H and O–H groups in total. The van der Waals surface area contributed by atoms with Gasteiger partial charge in [-0.3, -0.25) is 0 Å². The number of hydrazone groups is 1. The third-order valence-corrected chi connectivity index (χ3v) is 6.90. The van der Waals surface area contributed by atoms with Crippen molar-refractivity contribution < 1.29 is 9.84 Å². The predicted molar refractivity (Wildman–Crippen MR) is 133 cm³/mol. The minimum absolute atomic E-state index is 0.0726. The van der Waals surface area contributed by atoms with Crippen LogP contribution in [0.5, 0.6) is 11.5 Å². The zero-order valence-corrected chi connectivity index (χ0v) is 19.4. The topological polar surface area (TPSA) is 45.1 Å². The zero-order chi connectivity index (χ0) is 22.7. The number of ether oxygens (including phenoxy) is 1. The summed E-state index contributed by atoms with van der Waals surface area (Å²) in [6.07, 6.45) is -0.0292. The van der Waals surface area contributed by atoms with Gasteiger partial charge in [0.1, 0.15) is 11.5 Å². The molecule has 0 saturated heterocycles. The van der Waals surface area contributed by atoms with Gasteiger partial charge in [-0.1, -0.05) is 71.2 Å². The van der Waals surface area contributed by atoms with Crippen LogP contribution in [0.1, 0.15) is 35.4 Å². The summed E-state index contributed by atoms with van der Waals surface area (Å²) in [5.74, 6) is 0.618. The molecule has 0 aromatic heterocycles. The standard InChI is InChI=1S/C26H17Cl3N2O2/c27-17-7-8-24-19(10-17)23-13-22(16-6-5-14-3-1-2-4-15(14)9-16)30-31(23)26(33-24)20-11-18(28)12-21(29)25(20)32/h1-12,23,26,32H,13H2/t23-,26+/m1/s1. The largest absolute Gasteiger partial charge is 0.506 e. The summed E-state index contributed by atoms with van der Waals surface area (Å²) in [6, 6.07) is 23.2. The molecule has 164 valence electrons. The summed E-state index contributed by atoms with van der Waals surface area (Å²) >= 11 is 18.8. The molecule has 33 heavy (non-hydrogen) atoms. The van der Waals surface area contributed by atoms with Crippen molar-refractivity contribution in [2.45, 2.75) is 18.7 Å². The van der Waals surface area contributed by atoms with Crippen molar-refractivity contribution in [1.82, 2.24) is 5.01 Å². The van der Waals surface area contributed by atoms with Crippen molar-refractivity contribution in [2.75, 3.05) is 0 Å². The molecule has 0 unspecified atom stereocenters. The molecular formula is C26H17Cl3N2O2. The molecule has 6 rings (SSSR count). The summed E-state index contributed by atoms with van der Waals surface area (Å²) in [7, 11) is 0. The van der Waals surface area contributed by atoms with Crippen molar-refractivity contribution >= 4 is 51.3 Å². The van der Waals surface area contributed by atoms with Gasteiger partial charge in [0.15, 0.2) is 0 Å². The number of phenolic OH excluding ortho intramolecular Hbond substituents is 1. The average molecular weight is 496 g/mol. The highest BCUT2D eigenvalue weighted by atomic mass is 35.5. The van der Waals surface area contributed by atoms with Crippen LogP contribution in [0.15, 0.2) is 77.9 Å². The molecule has 2 atom stereocenters. The van der Waals surface area contributed by atoms with E-state index >= 15 is 0 Å². The van der Waals surface area contributed by atoms with Crippen molar-refractivity contribution in [1.29, 1.82) is 0 Å². The van der Waals surface area contributed by atoms with Crippen LogP contribution in [0.3, 0.4) is 0 Å². The molecule has 0 aliphatic carbocycles. The van der Waals surface area contributed by atoms with E-state index in [1.165, 1.54) is 11.5 Å². The zero-order valence-electron chi connectivity index (χ0n) is 17.2. The molecule has 2 aliphatic heterocycles. The first-order valence-electron chi connectivity index (χ1n) is 10.5. The van der Waals surface area contributed by atoms with E-state index in [9.17, 15) is 5.11 Å². The predicted octanol–water partition coefficient (Wildman–Crippen LogP) is 7.75. The second-order valence-electron chi connectivity index (χ2n) is 8.19. The lowest BCUT2D eigenvalue weighted by atomic mass is 9.95. The van der Waals surface area contributed by atoms with Gasteiger partial charge in [-0.25, -0.2) is 5.01 Å². The number of phenols is 1. The van der Waals surface area contributed by atoms with E-state index in [-0.39, 0.29) is 16.8 Å². The average Bonchev–Trinajstić information content (AvgIpc) is 3.27. The van der Waals surface area contributed by atoms with Crippen molar-refractivity contribution in [2.24, 2.45) is 5.10 Å². The maximum Gasteiger partial charge on any atom is 0.217 e. The molecule has 0 bridgehead atoms. The van der Waals surface area contributed by atoms with Crippen molar-refractivity contribution in [3.05, 3.63) is 105 Å². The molecule has 0 spiro atoms. The molecule has 4 aromatic rings. The van der Waals surface area contributed by atoms with Gasteiger partial charge in [-0.2, -0.15) is 5.10 Å². The van der Waals surface area contributed by atoms with E-state index in [4.69, 9.17) is 44.6 Å². The third-order valence-electron chi connectivity index (χ3n) is 6.16. The first-order valence-corrected chi connectivity index (χ1v) is 11.6. The maximum atomic E-state index is 10.7. The van der Waals surface area contributed by atoms with Gasteiger partial charge in [-0.15, -0.1) is 0 Å².